The summed E-state index contributed by atoms with van der Waals surface area (Å²) in [5.74, 6) is -3.03. The Balaban J connectivity index is 1.53. The van der Waals surface area contributed by atoms with Crippen LogP contribution in [0.1, 0.15) is 22.1 Å². The monoisotopic (exact) mass is 492 g/mol. The number of nitrogens with one attached hydrogen (secondary N) is 1. The third-order valence-corrected chi connectivity index (χ3v) is 6.35. The van der Waals surface area contributed by atoms with Crippen LogP contribution >= 0.6 is 19.4 Å². The minimum absolute atomic E-state index is 0.129. The zero-order chi connectivity index (χ0) is 23.3. The number of hydrogen-bond donors (Lipinski definition) is 3. The number of carbonyl (C=O) groups excluding carboxylic acids is 1. The number of benzene rings is 1. The third kappa shape index (κ3) is 4.04. The Labute approximate surface area is 182 Å². The van der Waals surface area contributed by atoms with Gasteiger partial charge in [-0.1, -0.05) is 11.6 Å². The molecule has 0 saturated carbocycles. The first-order chi connectivity index (χ1) is 15.0. The number of H-pyrrole nitrogens is 1. The van der Waals surface area contributed by atoms with Crippen molar-refractivity contribution >= 4 is 25.7 Å². The van der Waals surface area contributed by atoms with E-state index in [1.165, 1.54) is 18.2 Å². The Morgan fingerprint density at radius 2 is 2.16 bits per heavy atom. The molecule has 15 heteroatoms. The Morgan fingerprint density at radius 1 is 1.41 bits per heavy atom. The molecule has 32 heavy (non-hydrogen) atoms. The fourth-order valence-electron chi connectivity index (χ4n) is 3.14. The molecule has 3 heterocycles. The topological polar surface area (TPSA) is 166 Å². The van der Waals surface area contributed by atoms with E-state index >= 15 is 4.39 Å². The molecule has 0 amide bonds. The second-order valence-corrected chi connectivity index (χ2v) is 8.97. The van der Waals surface area contributed by atoms with E-state index in [1.54, 1.807) is 4.98 Å². The van der Waals surface area contributed by atoms with E-state index < -0.39 is 55.5 Å². The number of rotatable bonds is 5. The molecular formula is C17H15ClFN2O10P. The van der Waals surface area contributed by atoms with Gasteiger partial charge in [-0.05, 0) is 18.2 Å². The highest BCUT2D eigenvalue weighted by Crippen LogP contribution is 2.56. The van der Waals surface area contributed by atoms with Gasteiger partial charge >= 0.3 is 13.5 Å². The lowest BCUT2D eigenvalue weighted by atomic mass is 10.1. The molecule has 12 nitrogen and oxygen atoms in total. The lowest BCUT2D eigenvalue weighted by Gasteiger charge is -2.28. The maximum absolute atomic E-state index is 15.3. The predicted molar refractivity (Wildman–Crippen MR) is 103 cm³/mol. The molecule has 1 aromatic heterocycles. The Hall–Kier alpha value is -2.38. The van der Waals surface area contributed by atoms with Gasteiger partial charge in [0.15, 0.2) is 12.5 Å². The van der Waals surface area contributed by atoms with Crippen LogP contribution in [0.2, 0.25) is 5.02 Å². The minimum Gasteiger partial charge on any atom is -0.404 e. The standard InChI is InChI=1S/C17H15ClFN2O10P/c18-10-1-2-11-8(3-10)6-28-32(27,31-11)29-7-17(19)13(24)12(23)15(30-17)21-4-9(5-22)14(25)20-16(21)26/h1-5,12-13,15,23-24H,6-7H2,(H,20,25,26)/t12-,13+,15-,17-,32?/m1/s1. The number of alkyl halides is 1. The van der Waals surface area contributed by atoms with Gasteiger partial charge in [-0.25, -0.2) is 13.8 Å². The van der Waals surface area contributed by atoms with Gasteiger partial charge < -0.3 is 19.5 Å². The maximum Gasteiger partial charge on any atom is 0.530 e. The largest absolute Gasteiger partial charge is 0.530 e. The van der Waals surface area contributed by atoms with E-state index in [2.05, 4.69) is 0 Å². The average Bonchev–Trinajstić information content (AvgIpc) is 2.97. The molecule has 172 valence electrons. The van der Waals surface area contributed by atoms with Crippen molar-refractivity contribution in [3.05, 3.63) is 61.4 Å². The fourth-order valence-corrected chi connectivity index (χ4v) is 4.57. The predicted octanol–water partition coefficient (Wildman–Crippen LogP) is 0.653. The summed E-state index contributed by atoms with van der Waals surface area (Å²) in [7, 11) is -4.34. The molecular weight excluding hydrogens is 478 g/mol. The summed E-state index contributed by atoms with van der Waals surface area (Å²) in [6, 6.07) is 4.39. The van der Waals surface area contributed by atoms with Gasteiger partial charge in [0.25, 0.3) is 11.4 Å². The minimum atomic E-state index is -4.34. The van der Waals surface area contributed by atoms with Crippen molar-refractivity contribution in [3.63, 3.8) is 0 Å². The smallest absolute Gasteiger partial charge is 0.404 e. The molecule has 2 aromatic rings. The fraction of sp³-hybridized carbons (Fsp3) is 0.353. The average molecular weight is 493 g/mol. The van der Waals surface area contributed by atoms with Gasteiger partial charge in [0.05, 0.1) is 12.2 Å². The van der Waals surface area contributed by atoms with Gasteiger partial charge in [-0.2, -0.15) is 0 Å². The maximum atomic E-state index is 15.3. The number of aldehydes is 1. The van der Waals surface area contributed by atoms with Crippen LogP contribution in [-0.2, 0) is 25.0 Å². The van der Waals surface area contributed by atoms with Crippen molar-refractivity contribution in [2.45, 2.75) is 30.9 Å². The summed E-state index contributed by atoms with van der Waals surface area (Å²) < 4.78 is 48.7. The zero-order valence-corrected chi connectivity index (χ0v) is 17.5. The van der Waals surface area contributed by atoms with Crippen LogP contribution in [0.25, 0.3) is 0 Å². The number of nitrogens with zero attached hydrogens (tertiary/aromatic N) is 1. The third-order valence-electron chi connectivity index (χ3n) is 4.80. The molecule has 0 spiro atoms. The molecule has 5 atom stereocenters. The number of ether oxygens (including phenoxy) is 1. The molecule has 0 radical (unpaired) electrons. The highest BCUT2D eigenvalue weighted by molar-refractivity contribution is 7.49. The van der Waals surface area contributed by atoms with Crippen LogP contribution in [0.15, 0.2) is 34.0 Å². The molecule has 0 bridgehead atoms. The first kappa shape index (κ1) is 22.8. The van der Waals surface area contributed by atoms with E-state index in [4.69, 9.17) is 29.9 Å². The SMILES string of the molecule is O=Cc1cn([C@@H]2O[C@](F)(COP3(=O)OCc4cc(Cl)ccc4O3)[C@@H](O)[C@H]2O)c(=O)[nH]c1=O. The Morgan fingerprint density at radius 3 is 2.88 bits per heavy atom. The van der Waals surface area contributed by atoms with Crippen molar-refractivity contribution in [2.24, 2.45) is 0 Å². The van der Waals surface area contributed by atoms with Crippen molar-refractivity contribution < 1.29 is 42.3 Å². The van der Waals surface area contributed by atoms with Crippen molar-refractivity contribution in [1.82, 2.24) is 9.55 Å². The molecule has 4 rings (SSSR count). The molecule has 2 aliphatic heterocycles. The Kier molecular flexibility index (Phi) is 5.84. The molecule has 1 saturated heterocycles. The van der Waals surface area contributed by atoms with Gasteiger partial charge in [0, 0.05) is 16.8 Å². The number of aliphatic hydroxyl groups is 2. The zero-order valence-electron chi connectivity index (χ0n) is 15.8. The normalized spacial score (nSPS) is 31.7. The number of hydrogen-bond acceptors (Lipinski definition) is 10. The summed E-state index contributed by atoms with van der Waals surface area (Å²) in [5, 5.41) is 20.7. The number of aromatic nitrogens is 2. The summed E-state index contributed by atoms with van der Waals surface area (Å²) >= 11 is 5.85. The molecule has 1 unspecified atom stereocenters. The van der Waals surface area contributed by atoms with Gasteiger partial charge in [-0.3, -0.25) is 28.2 Å². The van der Waals surface area contributed by atoms with Crippen molar-refractivity contribution in [2.75, 3.05) is 6.61 Å². The highest BCUT2D eigenvalue weighted by atomic mass is 35.5. The number of aromatic amines is 1. The number of phosphoric ester groups is 1. The summed E-state index contributed by atoms with van der Waals surface area (Å²) in [6.07, 6.45) is -5.28. The van der Waals surface area contributed by atoms with E-state index in [0.717, 1.165) is 6.20 Å². The highest BCUT2D eigenvalue weighted by Gasteiger charge is 2.57. The van der Waals surface area contributed by atoms with Crippen molar-refractivity contribution in [1.29, 1.82) is 0 Å². The second kappa shape index (κ2) is 8.19. The lowest BCUT2D eigenvalue weighted by molar-refractivity contribution is -0.205. The number of halogens is 2. The molecule has 0 aliphatic carbocycles. The van der Waals surface area contributed by atoms with E-state index in [9.17, 15) is 29.2 Å². The first-order valence-corrected chi connectivity index (χ1v) is 10.8. The van der Waals surface area contributed by atoms with E-state index in [1.807, 2.05) is 0 Å². The van der Waals surface area contributed by atoms with Crippen LogP contribution in [-0.4, -0.2) is 50.7 Å². The molecule has 1 aromatic carbocycles. The van der Waals surface area contributed by atoms with Crippen LogP contribution in [0.4, 0.5) is 4.39 Å². The number of aliphatic hydroxyl groups excluding tert-OH is 2. The molecule has 3 N–H and O–H groups in total. The number of carbonyl (C=O) groups is 1. The Bertz CT molecular complexity index is 1230. The summed E-state index contributed by atoms with van der Waals surface area (Å²) in [4.78, 5) is 36.3. The molecule has 1 fully saturated rings. The number of phosphoric acid groups is 1. The van der Waals surface area contributed by atoms with Crippen molar-refractivity contribution in [3.8, 4) is 5.75 Å². The number of fused-ring (bicyclic) bond motifs is 1. The summed E-state index contributed by atoms with van der Waals surface area (Å²) in [5.41, 5.74) is -2.17. The summed E-state index contributed by atoms with van der Waals surface area (Å²) in [6.45, 7) is -1.44. The quantitative estimate of drug-likeness (QED) is 0.398. The van der Waals surface area contributed by atoms with Crippen LogP contribution in [0.3, 0.4) is 0 Å². The van der Waals surface area contributed by atoms with Gasteiger partial charge in [0.1, 0.15) is 24.6 Å². The van der Waals surface area contributed by atoms with Gasteiger partial charge in [-0.15, -0.1) is 0 Å². The van der Waals surface area contributed by atoms with Crippen LogP contribution in [0.5, 0.6) is 5.75 Å². The second-order valence-electron chi connectivity index (χ2n) is 6.94. The van der Waals surface area contributed by atoms with E-state index in [0.29, 0.717) is 15.2 Å². The molecule has 2 aliphatic rings. The first-order valence-electron chi connectivity index (χ1n) is 8.96. The van der Waals surface area contributed by atoms with Crippen LogP contribution < -0.4 is 15.8 Å². The van der Waals surface area contributed by atoms with E-state index in [-0.39, 0.29) is 18.6 Å². The lowest BCUT2D eigenvalue weighted by Crippen LogP contribution is -2.43. The van der Waals surface area contributed by atoms with Crippen LogP contribution in [0, 0.1) is 0 Å². The van der Waals surface area contributed by atoms with Gasteiger partial charge in [0.2, 0.25) is 0 Å².